The number of nitrogens with one attached hydrogen (secondary N) is 1. The van der Waals surface area contributed by atoms with E-state index < -0.39 is 16.7 Å². The summed E-state index contributed by atoms with van der Waals surface area (Å²) in [6.45, 7) is 4.84. The molecule has 0 amide bonds. The monoisotopic (exact) mass is 361 g/mol. The van der Waals surface area contributed by atoms with Gasteiger partial charge < -0.3 is 15.6 Å². The molecule has 0 aliphatic heterocycles. The molecule has 25 heavy (non-hydrogen) atoms. The average molecular weight is 361 g/mol. The highest BCUT2D eigenvalue weighted by atomic mass is 32.1. The average Bonchev–Trinajstić information content (AvgIpc) is 2.59. The SMILES string of the molecule is C=C/C=C(N=C(N)C(=Nc1ccccc1)NS)\C(O)=C/C(C)[N+](=O)[O-]. The fourth-order valence-electron chi connectivity index (χ4n) is 1.62. The lowest BCUT2D eigenvalue weighted by Crippen LogP contribution is -2.31. The number of nitro groups is 1. The highest BCUT2D eigenvalue weighted by Gasteiger charge is 2.14. The molecule has 0 radical (unpaired) electrons. The van der Waals surface area contributed by atoms with E-state index in [0.717, 1.165) is 6.08 Å². The Labute approximate surface area is 150 Å². The van der Waals surface area contributed by atoms with Gasteiger partial charge in [0.05, 0.1) is 5.69 Å². The van der Waals surface area contributed by atoms with Crippen molar-refractivity contribution in [3.8, 4) is 0 Å². The second-order valence-corrected chi connectivity index (χ2v) is 4.99. The van der Waals surface area contributed by atoms with Gasteiger partial charge in [-0.1, -0.05) is 43.7 Å². The molecule has 1 aromatic rings. The van der Waals surface area contributed by atoms with Crippen LogP contribution in [-0.2, 0) is 0 Å². The van der Waals surface area contributed by atoms with Crippen LogP contribution < -0.4 is 10.5 Å². The lowest BCUT2D eigenvalue weighted by atomic mass is 10.2. The maximum absolute atomic E-state index is 10.7. The first-order valence-corrected chi connectivity index (χ1v) is 7.59. The molecule has 1 unspecified atom stereocenters. The molecule has 0 heterocycles. The van der Waals surface area contributed by atoms with Gasteiger partial charge in [0.2, 0.25) is 6.04 Å². The van der Waals surface area contributed by atoms with E-state index in [-0.39, 0.29) is 17.4 Å². The zero-order valence-corrected chi connectivity index (χ0v) is 14.4. The molecular formula is C16H19N5O3S. The number of rotatable bonds is 6. The fourth-order valence-corrected chi connectivity index (χ4v) is 1.78. The van der Waals surface area contributed by atoms with Crippen LogP contribution in [0, 0.1) is 10.1 Å². The number of nitrogens with zero attached hydrogens (tertiary/aromatic N) is 3. The highest BCUT2D eigenvalue weighted by molar-refractivity contribution is 7.78. The number of hydrogen-bond donors (Lipinski definition) is 4. The van der Waals surface area contributed by atoms with Crippen LogP contribution in [0.5, 0.6) is 0 Å². The first-order valence-electron chi connectivity index (χ1n) is 7.14. The van der Waals surface area contributed by atoms with E-state index in [9.17, 15) is 15.2 Å². The Hall–Kier alpha value is -3.07. The molecular weight excluding hydrogens is 342 g/mol. The van der Waals surface area contributed by atoms with E-state index in [1.165, 1.54) is 19.1 Å². The number of benzene rings is 1. The van der Waals surface area contributed by atoms with Crippen LogP contribution in [0.1, 0.15) is 6.92 Å². The number of para-hydroxylation sites is 1. The molecule has 0 saturated heterocycles. The normalized spacial score (nSPS) is 14.8. The van der Waals surface area contributed by atoms with Crippen LogP contribution in [0.4, 0.5) is 5.69 Å². The van der Waals surface area contributed by atoms with Gasteiger partial charge in [0, 0.05) is 17.9 Å². The Morgan fingerprint density at radius 1 is 1.48 bits per heavy atom. The van der Waals surface area contributed by atoms with Gasteiger partial charge in [0.15, 0.2) is 11.7 Å². The lowest BCUT2D eigenvalue weighted by Gasteiger charge is -2.07. The summed E-state index contributed by atoms with van der Waals surface area (Å²) in [7, 11) is 0. The summed E-state index contributed by atoms with van der Waals surface area (Å²) in [6.07, 6.45) is 3.79. The van der Waals surface area contributed by atoms with E-state index >= 15 is 0 Å². The van der Waals surface area contributed by atoms with Gasteiger partial charge in [0.1, 0.15) is 11.5 Å². The van der Waals surface area contributed by atoms with Gasteiger partial charge >= 0.3 is 0 Å². The van der Waals surface area contributed by atoms with Crippen molar-refractivity contribution in [3.63, 3.8) is 0 Å². The topological polar surface area (TPSA) is 126 Å². The zero-order valence-electron chi connectivity index (χ0n) is 13.5. The third kappa shape index (κ3) is 6.51. The largest absolute Gasteiger partial charge is 0.506 e. The minimum absolute atomic E-state index is 0.00513. The summed E-state index contributed by atoms with van der Waals surface area (Å²) in [5.41, 5.74) is 6.52. The number of aliphatic imine (C=N–C) groups is 2. The number of hydrogen-bond acceptors (Lipinski definition) is 6. The fraction of sp³-hybridized carbons (Fsp3) is 0.125. The molecule has 0 bridgehead atoms. The molecule has 0 aliphatic rings. The van der Waals surface area contributed by atoms with E-state index in [0.29, 0.717) is 5.69 Å². The molecule has 0 fully saturated rings. The second kappa shape index (κ2) is 9.93. The molecule has 1 atom stereocenters. The van der Waals surface area contributed by atoms with Gasteiger partial charge in [0.25, 0.3) is 0 Å². The quantitative estimate of drug-likeness (QED) is 0.118. The standard InChI is InChI=1S/C16H19N5O3S/c1-3-7-13(14(22)10-11(2)21(23)24)19-15(17)16(20-25)18-12-8-5-4-6-9-12/h3-11,22,25H,1H2,2H3,(H2,17,19)(H,18,20)/b13-7+,14-10+. The maximum atomic E-state index is 10.7. The van der Waals surface area contributed by atoms with Crippen LogP contribution >= 0.6 is 12.8 Å². The number of allylic oxidation sites excluding steroid dienone is 2. The number of thiol groups is 1. The lowest BCUT2D eigenvalue weighted by molar-refractivity contribution is -0.505. The summed E-state index contributed by atoms with van der Waals surface area (Å²) < 4.78 is 2.52. The van der Waals surface area contributed by atoms with Crippen LogP contribution in [0.25, 0.3) is 0 Å². The summed E-state index contributed by atoms with van der Waals surface area (Å²) in [4.78, 5) is 18.5. The molecule has 132 valence electrons. The van der Waals surface area contributed by atoms with Crippen molar-refractivity contribution >= 4 is 30.2 Å². The van der Waals surface area contributed by atoms with E-state index in [4.69, 9.17) is 5.73 Å². The second-order valence-electron chi connectivity index (χ2n) is 4.77. The van der Waals surface area contributed by atoms with Gasteiger partial charge in [-0.3, -0.25) is 10.1 Å². The molecule has 8 nitrogen and oxygen atoms in total. The zero-order chi connectivity index (χ0) is 18.8. The van der Waals surface area contributed by atoms with Crippen molar-refractivity contribution in [2.45, 2.75) is 13.0 Å². The molecule has 1 rings (SSSR count). The third-order valence-corrected chi connectivity index (χ3v) is 3.07. The van der Waals surface area contributed by atoms with Crippen LogP contribution in [0.15, 0.2) is 76.6 Å². The predicted molar refractivity (Wildman–Crippen MR) is 103 cm³/mol. The predicted octanol–water partition coefficient (Wildman–Crippen LogP) is 2.69. The van der Waals surface area contributed by atoms with Crippen molar-refractivity contribution in [2.75, 3.05) is 0 Å². The first-order chi connectivity index (χ1) is 11.9. The number of aliphatic hydroxyl groups is 1. The van der Waals surface area contributed by atoms with Gasteiger partial charge in [-0.05, 0) is 18.2 Å². The first kappa shape index (κ1) is 20.0. The van der Waals surface area contributed by atoms with Crippen LogP contribution in [0.2, 0.25) is 0 Å². The molecule has 0 aromatic heterocycles. The van der Waals surface area contributed by atoms with Crippen molar-refractivity contribution in [2.24, 2.45) is 15.7 Å². The number of amidine groups is 2. The van der Waals surface area contributed by atoms with Crippen molar-refractivity contribution in [3.05, 3.63) is 76.7 Å². The molecule has 1 aromatic carbocycles. The number of aliphatic hydroxyl groups excluding tert-OH is 1. The summed E-state index contributed by atoms with van der Waals surface area (Å²) in [5.74, 6) is -0.314. The molecule has 0 saturated carbocycles. The molecule has 4 N–H and O–H groups in total. The Kier molecular flexibility index (Phi) is 7.94. The van der Waals surface area contributed by atoms with E-state index in [2.05, 4.69) is 34.1 Å². The Balaban J connectivity index is 3.20. The Morgan fingerprint density at radius 2 is 2.12 bits per heavy atom. The molecule has 0 spiro atoms. The third-order valence-electron chi connectivity index (χ3n) is 2.86. The van der Waals surface area contributed by atoms with Crippen molar-refractivity contribution in [1.82, 2.24) is 4.72 Å². The molecule has 9 heteroatoms. The van der Waals surface area contributed by atoms with E-state index in [1.807, 2.05) is 6.07 Å². The summed E-state index contributed by atoms with van der Waals surface area (Å²) in [6, 6.07) is 7.88. The van der Waals surface area contributed by atoms with Crippen LogP contribution in [-0.4, -0.2) is 27.7 Å². The smallest absolute Gasteiger partial charge is 0.232 e. The van der Waals surface area contributed by atoms with E-state index in [1.54, 1.807) is 24.3 Å². The van der Waals surface area contributed by atoms with Crippen LogP contribution in [0.3, 0.4) is 0 Å². The highest BCUT2D eigenvalue weighted by Crippen LogP contribution is 2.13. The van der Waals surface area contributed by atoms with Gasteiger partial charge in [-0.25, -0.2) is 9.98 Å². The molecule has 0 aliphatic carbocycles. The summed E-state index contributed by atoms with van der Waals surface area (Å²) >= 11 is 3.95. The van der Waals surface area contributed by atoms with Crippen molar-refractivity contribution < 1.29 is 10.0 Å². The number of nitrogens with two attached hydrogens (primary N) is 1. The minimum atomic E-state index is -1.09. The Bertz CT molecular complexity index is 741. The van der Waals surface area contributed by atoms with Gasteiger partial charge in [-0.15, -0.1) is 0 Å². The maximum Gasteiger partial charge on any atom is 0.232 e. The Morgan fingerprint density at radius 3 is 2.64 bits per heavy atom. The van der Waals surface area contributed by atoms with Crippen molar-refractivity contribution in [1.29, 1.82) is 0 Å². The summed E-state index contributed by atoms with van der Waals surface area (Å²) in [5, 5.41) is 20.8. The minimum Gasteiger partial charge on any atom is -0.506 e. The van der Waals surface area contributed by atoms with Gasteiger partial charge in [-0.2, -0.15) is 0 Å².